The van der Waals surface area contributed by atoms with Gasteiger partial charge < -0.3 is 4.74 Å². The van der Waals surface area contributed by atoms with E-state index in [1.165, 1.54) is 0 Å². The molecule has 0 heterocycles. The summed E-state index contributed by atoms with van der Waals surface area (Å²) in [5.74, 6) is 0.394. The standard InChI is InChI=1S/C8H12ClF3O/c9-4-7(2-1-3-7)5-13-6-8(10,11)12/h1-6H2. The number of hydrogen-bond donors (Lipinski definition) is 0. The molecule has 0 aromatic carbocycles. The minimum absolute atomic E-state index is 0.135. The Kier molecular flexibility index (Phi) is 3.46. The largest absolute Gasteiger partial charge is 0.411 e. The van der Waals surface area contributed by atoms with Gasteiger partial charge in [-0.15, -0.1) is 11.6 Å². The van der Waals surface area contributed by atoms with E-state index in [0.29, 0.717) is 5.88 Å². The molecule has 1 saturated carbocycles. The molecule has 0 spiro atoms. The molecule has 1 fully saturated rings. The summed E-state index contributed by atoms with van der Waals surface area (Å²) in [6, 6.07) is 0. The van der Waals surface area contributed by atoms with Gasteiger partial charge in [-0.3, -0.25) is 0 Å². The highest BCUT2D eigenvalue weighted by molar-refractivity contribution is 6.18. The second kappa shape index (κ2) is 4.05. The Hall–Kier alpha value is 0.0400. The maximum atomic E-state index is 11.7. The molecule has 0 radical (unpaired) electrons. The molecule has 1 rings (SSSR count). The minimum Gasteiger partial charge on any atom is -0.371 e. The molecule has 0 bridgehead atoms. The van der Waals surface area contributed by atoms with Crippen molar-refractivity contribution in [3.8, 4) is 0 Å². The number of ether oxygens (including phenoxy) is 1. The molecular weight excluding hydrogens is 205 g/mol. The first-order valence-corrected chi connectivity index (χ1v) is 4.71. The van der Waals surface area contributed by atoms with Crippen LogP contribution in [-0.4, -0.2) is 25.3 Å². The molecule has 0 amide bonds. The summed E-state index contributed by atoms with van der Waals surface area (Å²) in [5.41, 5.74) is -0.174. The maximum Gasteiger partial charge on any atom is 0.411 e. The van der Waals surface area contributed by atoms with E-state index < -0.39 is 12.8 Å². The van der Waals surface area contributed by atoms with Crippen molar-refractivity contribution in [2.45, 2.75) is 25.4 Å². The average Bonchev–Trinajstić information content (AvgIpc) is 1.92. The second-order valence-electron chi connectivity index (χ2n) is 3.60. The zero-order chi connectivity index (χ0) is 9.95. The fourth-order valence-electron chi connectivity index (χ4n) is 1.38. The predicted molar refractivity (Wildman–Crippen MR) is 43.9 cm³/mol. The zero-order valence-electron chi connectivity index (χ0n) is 7.16. The highest BCUT2D eigenvalue weighted by Crippen LogP contribution is 2.42. The lowest BCUT2D eigenvalue weighted by Crippen LogP contribution is -2.37. The van der Waals surface area contributed by atoms with Crippen molar-refractivity contribution in [3.63, 3.8) is 0 Å². The third-order valence-electron chi connectivity index (χ3n) is 2.37. The van der Waals surface area contributed by atoms with Crippen LogP contribution in [-0.2, 0) is 4.74 Å². The summed E-state index contributed by atoms with van der Waals surface area (Å²) >= 11 is 5.65. The van der Waals surface area contributed by atoms with Gasteiger partial charge in [-0.05, 0) is 12.8 Å². The van der Waals surface area contributed by atoms with Crippen molar-refractivity contribution >= 4 is 11.6 Å². The van der Waals surface area contributed by atoms with Crippen LogP contribution in [0.25, 0.3) is 0 Å². The quantitative estimate of drug-likeness (QED) is 0.657. The molecule has 0 unspecified atom stereocenters. The Morgan fingerprint density at radius 3 is 2.23 bits per heavy atom. The van der Waals surface area contributed by atoms with Crippen LogP contribution in [0.5, 0.6) is 0 Å². The van der Waals surface area contributed by atoms with Crippen LogP contribution < -0.4 is 0 Å². The van der Waals surface area contributed by atoms with E-state index in [4.69, 9.17) is 11.6 Å². The Labute approximate surface area is 80.2 Å². The molecule has 5 heteroatoms. The van der Waals surface area contributed by atoms with Crippen LogP contribution in [0.4, 0.5) is 13.2 Å². The smallest absolute Gasteiger partial charge is 0.371 e. The summed E-state index contributed by atoms with van der Waals surface area (Å²) in [6.07, 6.45) is -1.41. The van der Waals surface area contributed by atoms with Crippen LogP contribution in [0.15, 0.2) is 0 Å². The molecule has 1 aliphatic rings. The SMILES string of the molecule is FC(F)(F)COCC1(CCl)CCC1. The van der Waals surface area contributed by atoms with Gasteiger partial charge in [-0.25, -0.2) is 0 Å². The van der Waals surface area contributed by atoms with Crippen molar-refractivity contribution < 1.29 is 17.9 Å². The highest BCUT2D eigenvalue weighted by atomic mass is 35.5. The molecule has 0 aliphatic heterocycles. The Balaban J connectivity index is 2.18. The summed E-state index contributed by atoms with van der Waals surface area (Å²) < 4.78 is 39.7. The van der Waals surface area contributed by atoms with Gasteiger partial charge in [-0.2, -0.15) is 13.2 Å². The van der Waals surface area contributed by atoms with Gasteiger partial charge in [0, 0.05) is 11.3 Å². The highest BCUT2D eigenvalue weighted by Gasteiger charge is 2.38. The van der Waals surface area contributed by atoms with E-state index in [9.17, 15) is 13.2 Å². The van der Waals surface area contributed by atoms with Crippen LogP contribution in [0.3, 0.4) is 0 Å². The molecule has 0 saturated heterocycles. The van der Waals surface area contributed by atoms with Crippen LogP contribution >= 0.6 is 11.6 Å². The van der Waals surface area contributed by atoms with Gasteiger partial charge in [0.05, 0.1) is 6.61 Å². The van der Waals surface area contributed by atoms with Gasteiger partial charge in [0.1, 0.15) is 6.61 Å². The maximum absolute atomic E-state index is 11.7. The molecule has 1 nitrogen and oxygen atoms in total. The topological polar surface area (TPSA) is 9.23 Å². The Bertz CT molecular complexity index is 160. The summed E-state index contributed by atoms with van der Waals surface area (Å²) in [4.78, 5) is 0. The first kappa shape index (κ1) is 11.1. The molecule has 0 aromatic heterocycles. The predicted octanol–water partition coefficient (Wildman–Crippen LogP) is 2.97. The van der Waals surface area contributed by atoms with Crippen LogP contribution in [0.1, 0.15) is 19.3 Å². The van der Waals surface area contributed by atoms with Gasteiger partial charge >= 0.3 is 6.18 Å². The fourth-order valence-corrected chi connectivity index (χ4v) is 1.72. The lowest BCUT2D eigenvalue weighted by molar-refractivity contribution is -0.183. The minimum atomic E-state index is -4.22. The number of alkyl halides is 4. The van der Waals surface area contributed by atoms with Crippen molar-refractivity contribution in [2.75, 3.05) is 19.1 Å². The normalized spacial score (nSPS) is 21.2. The lowest BCUT2D eigenvalue weighted by Gasteiger charge is -2.39. The molecule has 0 N–H and O–H groups in total. The first-order chi connectivity index (χ1) is 5.97. The molecule has 13 heavy (non-hydrogen) atoms. The van der Waals surface area contributed by atoms with Gasteiger partial charge in [0.2, 0.25) is 0 Å². The number of rotatable bonds is 4. The third kappa shape index (κ3) is 3.35. The Morgan fingerprint density at radius 1 is 1.31 bits per heavy atom. The van der Waals surface area contributed by atoms with Crippen molar-refractivity contribution in [1.29, 1.82) is 0 Å². The van der Waals surface area contributed by atoms with E-state index >= 15 is 0 Å². The Morgan fingerprint density at radius 2 is 1.92 bits per heavy atom. The summed E-state index contributed by atoms with van der Waals surface area (Å²) in [7, 11) is 0. The second-order valence-corrected chi connectivity index (χ2v) is 3.86. The number of hydrogen-bond acceptors (Lipinski definition) is 1. The van der Waals surface area contributed by atoms with Gasteiger partial charge in [-0.1, -0.05) is 6.42 Å². The molecule has 0 aromatic rings. The monoisotopic (exact) mass is 216 g/mol. The fraction of sp³-hybridized carbons (Fsp3) is 1.00. The van der Waals surface area contributed by atoms with Crippen LogP contribution in [0.2, 0.25) is 0 Å². The lowest BCUT2D eigenvalue weighted by atomic mass is 9.71. The molecule has 1 aliphatic carbocycles. The van der Waals surface area contributed by atoms with E-state index in [2.05, 4.69) is 4.74 Å². The first-order valence-electron chi connectivity index (χ1n) is 4.18. The molecular formula is C8H12ClF3O. The average molecular weight is 217 g/mol. The van der Waals surface area contributed by atoms with Crippen molar-refractivity contribution in [2.24, 2.45) is 5.41 Å². The van der Waals surface area contributed by atoms with E-state index in [1.807, 2.05) is 0 Å². The zero-order valence-corrected chi connectivity index (χ0v) is 7.92. The summed E-state index contributed by atoms with van der Waals surface area (Å²) in [5, 5.41) is 0. The van der Waals surface area contributed by atoms with Crippen molar-refractivity contribution in [1.82, 2.24) is 0 Å². The number of halogens is 4. The van der Waals surface area contributed by atoms with Gasteiger partial charge in [0.25, 0.3) is 0 Å². The molecule has 78 valence electrons. The summed E-state index contributed by atoms with van der Waals surface area (Å²) in [6.45, 7) is -1.03. The van der Waals surface area contributed by atoms with Crippen molar-refractivity contribution in [3.05, 3.63) is 0 Å². The van der Waals surface area contributed by atoms with E-state index in [1.54, 1.807) is 0 Å². The van der Waals surface area contributed by atoms with Gasteiger partial charge in [0.15, 0.2) is 0 Å². The van der Waals surface area contributed by atoms with E-state index in [-0.39, 0.29) is 12.0 Å². The third-order valence-corrected chi connectivity index (χ3v) is 2.94. The van der Waals surface area contributed by atoms with Crippen LogP contribution in [0, 0.1) is 5.41 Å². The molecule has 0 atom stereocenters. The van der Waals surface area contributed by atoms with E-state index in [0.717, 1.165) is 19.3 Å².